The van der Waals surface area contributed by atoms with Gasteiger partial charge in [-0.25, -0.2) is 0 Å². The molecule has 200 valence electrons. The van der Waals surface area contributed by atoms with Crippen LogP contribution in [0.1, 0.15) is 71.6 Å². The van der Waals surface area contributed by atoms with Gasteiger partial charge in [-0.05, 0) is 86.9 Å². The van der Waals surface area contributed by atoms with Crippen molar-refractivity contribution >= 4 is 5.97 Å². The predicted molar refractivity (Wildman–Crippen MR) is 123 cm³/mol. The minimum Gasteiger partial charge on any atom is -0.481 e. The highest BCUT2D eigenvalue weighted by Gasteiger charge is 2.68. The van der Waals surface area contributed by atoms with Gasteiger partial charge in [0.25, 0.3) is 0 Å². The van der Waals surface area contributed by atoms with E-state index in [4.69, 9.17) is 9.47 Å². The minimum atomic E-state index is -1.52. The summed E-state index contributed by atoms with van der Waals surface area (Å²) in [6.45, 7) is 3.63. The van der Waals surface area contributed by atoms with Gasteiger partial charge in [-0.3, -0.25) is 4.79 Å². The van der Waals surface area contributed by atoms with E-state index in [2.05, 4.69) is 6.92 Å². The lowest BCUT2D eigenvalue weighted by molar-refractivity contribution is -0.310. The van der Waals surface area contributed by atoms with E-state index in [1.54, 1.807) is 0 Å². The van der Waals surface area contributed by atoms with Crippen LogP contribution in [0.4, 0.5) is 0 Å². The summed E-state index contributed by atoms with van der Waals surface area (Å²) in [4.78, 5) is 12.3. The topological polar surface area (TPSA) is 157 Å². The van der Waals surface area contributed by atoms with Crippen molar-refractivity contribution in [3.05, 3.63) is 0 Å². The second kappa shape index (κ2) is 8.61. The smallest absolute Gasteiger partial charge is 0.309 e. The average Bonchev–Trinajstić information content (AvgIpc) is 3.01. The fourth-order valence-electron chi connectivity index (χ4n) is 9.48. The van der Waals surface area contributed by atoms with Crippen molar-refractivity contribution in [2.45, 2.75) is 108 Å². The largest absolute Gasteiger partial charge is 0.481 e. The molecule has 0 aromatic carbocycles. The highest BCUT2D eigenvalue weighted by molar-refractivity contribution is 5.75. The number of hydrogen-bond acceptors (Lipinski definition) is 8. The Balaban J connectivity index is 1.33. The number of carbonyl (C=O) groups is 1. The normalized spacial score (nSPS) is 55.7. The zero-order chi connectivity index (χ0) is 25.4. The number of aliphatic hydroxyl groups is 5. The van der Waals surface area contributed by atoms with Gasteiger partial charge in [0.05, 0.1) is 24.2 Å². The Morgan fingerprint density at radius 2 is 1.74 bits per heavy atom. The van der Waals surface area contributed by atoms with Gasteiger partial charge in [0, 0.05) is 0 Å². The van der Waals surface area contributed by atoms with Gasteiger partial charge in [0.15, 0.2) is 6.29 Å². The van der Waals surface area contributed by atoms with Gasteiger partial charge >= 0.3 is 5.97 Å². The number of carboxylic acid groups (broad SMARTS) is 1. The maximum Gasteiger partial charge on any atom is 0.309 e. The van der Waals surface area contributed by atoms with E-state index in [-0.39, 0.29) is 29.3 Å². The first-order valence-corrected chi connectivity index (χ1v) is 13.3. The van der Waals surface area contributed by atoms with Gasteiger partial charge in [-0.15, -0.1) is 0 Å². The third-order valence-corrected chi connectivity index (χ3v) is 11.2. The van der Waals surface area contributed by atoms with Gasteiger partial charge in [-0.1, -0.05) is 13.3 Å². The zero-order valence-electron chi connectivity index (χ0n) is 20.8. The number of rotatable bonds is 5. The monoisotopic (exact) mass is 498 g/mol. The third kappa shape index (κ3) is 3.72. The average molecular weight is 499 g/mol. The van der Waals surface area contributed by atoms with Crippen molar-refractivity contribution < 1.29 is 44.9 Å². The number of aliphatic hydroxyl groups excluding tert-OH is 4. The molecule has 1 saturated heterocycles. The zero-order valence-corrected chi connectivity index (χ0v) is 20.8. The van der Waals surface area contributed by atoms with Crippen molar-refractivity contribution in [1.29, 1.82) is 0 Å². The Morgan fingerprint density at radius 1 is 1.00 bits per heavy atom. The molecule has 0 unspecified atom stereocenters. The molecule has 9 nitrogen and oxygen atoms in total. The quantitative estimate of drug-likeness (QED) is 0.326. The Kier molecular flexibility index (Phi) is 6.35. The van der Waals surface area contributed by atoms with E-state index >= 15 is 0 Å². The lowest BCUT2D eigenvalue weighted by atomic mass is 9.41. The summed E-state index contributed by atoms with van der Waals surface area (Å²) in [7, 11) is 0. The number of fused-ring (bicyclic) bond motifs is 3. The molecule has 12 atom stereocenters. The Morgan fingerprint density at radius 3 is 2.43 bits per heavy atom. The standard InChI is InChI=1S/C26H42O9/c1-23-7-3-8-24(2,22(31)32)16(23)6-9-25-10-14(4-5-17(23)25)26(33,12-25)13-34-21-20(30)19(29)18(28)15(11-27)35-21/h14-21,27-30,33H,3-13H2,1-2H3,(H,31,32)/t14-,15-,16+,17+,18-,19+,20-,21-,23-,24-,25+,26-/m1/s1. The van der Waals surface area contributed by atoms with E-state index in [1.807, 2.05) is 6.92 Å². The van der Waals surface area contributed by atoms with Crippen molar-refractivity contribution in [1.82, 2.24) is 0 Å². The molecule has 9 heteroatoms. The van der Waals surface area contributed by atoms with Gasteiger partial charge in [0.1, 0.15) is 24.4 Å². The molecule has 1 spiro atoms. The van der Waals surface area contributed by atoms with Crippen LogP contribution < -0.4 is 0 Å². The van der Waals surface area contributed by atoms with Crippen LogP contribution in [0.3, 0.4) is 0 Å². The van der Waals surface area contributed by atoms with Crippen molar-refractivity contribution in [2.75, 3.05) is 13.2 Å². The fraction of sp³-hybridized carbons (Fsp3) is 0.962. The second-order valence-electron chi connectivity index (χ2n) is 12.9. The van der Waals surface area contributed by atoms with E-state index in [9.17, 15) is 35.4 Å². The van der Waals surface area contributed by atoms with Gasteiger partial charge < -0.3 is 40.1 Å². The summed E-state index contributed by atoms with van der Waals surface area (Å²) in [5.41, 5.74) is -1.94. The molecule has 5 aliphatic rings. The number of aliphatic carboxylic acids is 1. The molecule has 4 aliphatic carbocycles. The predicted octanol–water partition coefficient (Wildman–Crippen LogP) is 1.03. The van der Waals surface area contributed by atoms with Crippen LogP contribution in [-0.4, -0.2) is 86.1 Å². The SMILES string of the molecule is C[C@@]12CCC[C@@](C)(C(=O)O)[C@H]1CC[C@@]13C[C@@H](CC[C@H]12)[C@](O)(CO[C@@H]1O[C@H](CO)[C@@H](O)[C@H](O)[C@H]1O)C3. The van der Waals surface area contributed by atoms with Crippen LogP contribution in [0.5, 0.6) is 0 Å². The highest BCUT2D eigenvalue weighted by atomic mass is 16.7. The number of hydrogen-bond donors (Lipinski definition) is 6. The first-order chi connectivity index (χ1) is 16.4. The summed E-state index contributed by atoms with van der Waals surface area (Å²) >= 11 is 0. The molecular weight excluding hydrogens is 456 g/mol. The van der Waals surface area contributed by atoms with Crippen LogP contribution in [0, 0.1) is 34.0 Å². The molecule has 5 rings (SSSR count). The van der Waals surface area contributed by atoms with E-state index in [0.29, 0.717) is 12.3 Å². The highest BCUT2D eigenvalue weighted by Crippen LogP contribution is 2.73. The molecule has 1 aliphatic heterocycles. The van der Waals surface area contributed by atoms with Crippen molar-refractivity contribution in [2.24, 2.45) is 34.0 Å². The minimum absolute atomic E-state index is 0.0400. The summed E-state index contributed by atoms with van der Waals surface area (Å²) < 4.78 is 11.3. The lowest BCUT2D eigenvalue weighted by Crippen LogP contribution is -2.59. The molecule has 6 N–H and O–H groups in total. The summed E-state index contributed by atoms with van der Waals surface area (Å²) in [6, 6.07) is 0. The van der Waals surface area contributed by atoms with Crippen LogP contribution in [0.2, 0.25) is 0 Å². The van der Waals surface area contributed by atoms with Gasteiger partial charge in [0.2, 0.25) is 0 Å². The Bertz CT molecular complexity index is 836. The molecule has 0 aromatic heterocycles. The summed E-state index contributed by atoms with van der Waals surface area (Å²) in [6.07, 6.45) is 0.910. The van der Waals surface area contributed by atoms with E-state index in [0.717, 1.165) is 51.4 Å². The molecule has 2 bridgehead atoms. The molecule has 0 amide bonds. The molecule has 35 heavy (non-hydrogen) atoms. The Labute approximate surface area is 206 Å². The molecular formula is C26H42O9. The maximum atomic E-state index is 12.3. The maximum absolute atomic E-state index is 12.3. The van der Waals surface area contributed by atoms with Crippen LogP contribution >= 0.6 is 0 Å². The first-order valence-electron chi connectivity index (χ1n) is 13.3. The van der Waals surface area contributed by atoms with Gasteiger partial charge in [-0.2, -0.15) is 0 Å². The van der Waals surface area contributed by atoms with Crippen molar-refractivity contribution in [3.8, 4) is 0 Å². The van der Waals surface area contributed by atoms with Crippen molar-refractivity contribution in [3.63, 3.8) is 0 Å². The van der Waals surface area contributed by atoms with Crippen LogP contribution in [0.25, 0.3) is 0 Å². The number of carboxylic acids is 1. The van der Waals surface area contributed by atoms with Crippen LogP contribution in [0.15, 0.2) is 0 Å². The molecule has 1 heterocycles. The summed E-state index contributed by atoms with van der Waals surface area (Å²) in [5.74, 6) is -0.162. The number of ether oxygens (including phenoxy) is 2. The van der Waals surface area contributed by atoms with E-state index in [1.165, 1.54) is 0 Å². The second-order valence-corrected chi connectivity index (χ2v) is 12.9. The Hall–Kier alpha value is -0.810. The fourth-order valence-corrected chi connectivity index (χ4v) is 9.48. The van der Waals surface area contributed by atoms with E-state index < -0.39 is 54.3 Å². The molecule has 0 radical (unpaired) electrons. The summed E-state index contributed by atoms with van der Waals surface area (Å²) in [5, 5.41) is 61.8. The van der Waals surface area contributed by atoms with Crippen LogP contribution in [-0.2, 0) is 14.3 Å². The lowest BCUT2D eigenvalue weighted by Gasteiger charge is -2.63. The molecule has 4 saturated carbocycles. The third-order valence-electron chi connectivity index (χ3n) is 11.2. The first kappa shape index (κ1) is 25.8. The molecule has 0 aromatic rings. The molecule has 5 fully saturated rings.